The van der Waals surface area contributed by atoms with Crippen LogP contribution in [0.15, 0.2) is 0 Å². The molecule has 0 rings (SSSR count). The summed E-state index contributed by atoms with van der Waals surface area (Å²) in [6.45, 7) is 0.986. The van der Waals surface area contributed by atoms with Crippen molar-refractivity contribution in [2.24, 2.45) is 0 Å². The molecule has 0 saturated carbocycles. The summed E-state index contributed by atoms with van der Waals surface area (Å²) in [6.07, 6.45) is -2.03. The maximum Gasteiger partial charge on any atom is 0.272 e. The van der Waals surface area contributed by atoms with Gasteiger partial charge in [0.05, 0.1) is 0 Å². The molecule has 0 aliphatic carbocycles. The molecule has 0 heterocycles. The Morgan fingerprint density at radius 1 is 1.30 bits per heavy atom. The smallest absolute Gasteiger partial charge is 0.272 e. The Kier molecular flexibility index (Phi) is 7.25. The number of rotatable bonds is 2. The Morgan fingerprint density at radius 2 is 1.60 bits per heavy atom. The first-order chi connectivity index (χ1) is 3.85. The minimum atomic E-state index is -4.30. The SMILES string of the molecule is CC(C(O)O)S(=O)(=O)O.[K]. The van der Waals surface area contributed by atoms with E-state index >= 15 is 0 Å². The first-order valence-electron chi connectivity index (χ1n) is 2.18. The predicted octanol–water partition coefficient (Wildman–Crippen LogP) is -1.81. The molecule has 10 heavy (non-hydrogen) atoms. The van der Waals surface area contributed by atoms with Crippen molar-refractivity contribution in [1.82, 2.24) is 0 Å². The van der Waals surface area contributed by atoms with E-state index in [1.54, 1.807) is 0 Å². The fourth-order valence-electron chi connectivity index (χ4n) is 0.154. The average molecular weight is 195 g/mol. The molecule has 0 aromatic carbocycles. The normalized spacial score (nSPS) is 14.5. The van der Waals surface area contributed by atoms with Crippen molar-refractivity contribution in [2.45, 2.75) is 18.5 Å². The number of aliphatic hydroxyl groups is 2. The quantitative estimate of drug-likeness (QED) is 0.274. The van der Waals surface area contributed by atoms with Gasteiger partial charge in [-0.3, -0.25) is 4.55 Å². The van der Waals surface area contributed by atoms with E-state index in [1.165, 1.54) is 0 Å². The molecule has 0 aromatic heterocycles. The van der Waals surface area contributed by atoms with Crippen LogP contribution in [-0.4, -0.2) is 86.1 Å². The topological polar surface area (TPSA) is 94.8 Å². The first kappa shape index (κ1) is 14.0. The third-order valence-electron chi connectivity index (χ3n) is 0.890. The van der Waals surface area contributed by atoms with Gasteiger partial charge < -0.3 is 10.2 Å². The van der Waals surface area contributed by atoms with Crippen molar-refractivity contribution < 1.29 is 23.2 Å². The van der Waals surface area contributed by atoms with Gasteiger partial charge in [0.25, 0.3) is 10.1 Å². The van der Waals surface area contributed by atoms with Gasteiger partial charge in [0.15, 0.2) is 6.29 Å². The molecular weight excluding hydrogens is 187 g/mol. The average Bonchev–Trinajstić information content (AvgIpc) is 1.62. The van der Waals surface area contributed by atoms with E-state index in [9.17, 15) is 8.42 Å². The first-order valence-corrected chi connectivity index (χ1v) is 3.68. The minimum Gasteiger partial charge on any atom is -0.367 e. The second kappa shape index (κ2) is 5.17. The molecule has 0 fully saturated rings. The maximum absolute atomic E-state index is 10.0. The Morgan fingerprint density at radius 3 is 1.60 bits per heavy atom. The summed E-state index contributed by atoms with van der Waals surface area (Å²) in [5, 5.41) is 14.8. The third-order valence-corrected chi connectivity index (χ3v) is 2.07. The number of hydrogen-bond donors (Lipinski definition) is 3. The molecule has 0 aliphatic rings. The molecule has 0 spiro atoms. The van der Waals surface area contributed by atoms with Crippen LogP contribution in [-0.2, 0) is 10.1 Å². The Balaban J connectivity index is 0. The van der Waals surface area contributed by atoms with E-state index in [2.05, 4.69) is 0 Å². The van der Waals surface area contributed by atoms with E-state index in [0.717, 1.165) is 6.92 Å². The van der Waals surface area contributed by atoms with Gasteiger partial charge in [-0.05, 0) is 6.92 Å². The van der Waals surface area contributed by atoms with Gasteiger partial charge >= 0.3 is 0 Å². The summed E-state index contributed by atoms with van der Waals surface area (Å²) in [4.78, 5) is 0. The zero-order valence-corrected chi connectivity index (χ0v) is 9.66. The van der Waals surface area contributed by atoms with Crippen molar-refractivity contribution >= 4 is 61.5 Å². The van der Waals surface area contributed by atoms with Gasteiger partial charge in [0, 0.05) is 51.4 Å². The Bertz CT molecular complexity index is 173. The van der Waals surface area contributed by atoms with Gasteiger partial charge in [-0.1, -0.05) is 0 Å². The van der Waals surface area contributed by atoms with Crippen LogP contribution < -0.4 is 0 Å². The van der Waals surface area contributed by atoms with Crippen molar-refractivity contribution in [3.8, 4) is 0 Å². The van der Waals surface area contributed by atoms with Gasteiger partial charge in [0.2, 0.25) is 0 Å². The Labute approximate surface area is 102 Å². The van der Waals surface area contributed by atoms with E-state index < -0.39 is 21.7 Å². The summed E-state index contributed by atoms with van der Waals surface area (Å²) in [7, 11) is -4.30. The molecule has 0 bridgehead atoms. The summed E-state index contributed by atoms with van der Waals surface area (Å²) in [6, 6.07) is 0. The fourth-order valence-corrected chi connectivity index (χ4v) is 0.461. The van der Waals surface area contributed by atoms with Crippen molar-refractivity contribution in [3.05, 3.63) is 0 Å². The minimum absolute atomic E-state index is 0. The second-order valence-corrected chi connectivity index (χ2v) is 3.41. The molecule has 3 N–H and O–H groups in total. The summed E-state index contributed by atoms with van der Waals surface area (Å²) >= 11 is 0. The molecule has 0 saturated heterocycles. The molecule has 1 radical (unpaired) electrons. The molecule has 1 atom stereocenters. The molecule has 5 nitrogen and oxygen atoms in total. The zero-order chi connectivity index (χ0) is 7.65. The van der Waals surface area contributed by atoms with Gasteiger partial charge in [-0.25, -0.2) is 0 Å². The molecule has 0 aromatic rings. The summed E-state index contributed by atoms with van der Waals surface area (Å²) < 4.78 is 28.1. The third kappa shape index (κ3) is 5.16. The Hall–Kier alpha value is 1.47. The van der Waals surface area contributed by atoms with Crippen LogP contribution in [0.4, 0.5) is 0 Å². The molecular formula is C3H8KO5S. The molecule has 0 aliphatic heterocycles. The molecule has 0 amide bonds. The molecule has 7 heteroatoms. The standard InChI is InChI=1S/C3H8O5S.K/c1-2(3(4)5)9(6,7)8;/h2-5H,1H3,(H,6,7,8);. The molecule has 1 unspecified atom stereocenters. The van der Waals surface area contributed by atoms with Crippen LogP contribution in [0.1, 0.15) is 6.92 Å². The van der Waals surface area contributed by atoms with Crippen molar-refractivity contribution in [3.63, 3.8) is 0 Å². The van der Waals surface area contributed by atoms with E-state index in [0.29, 0.717) is 0 Å². The second-order valence-electron chi connectivity index (χ2n) is 1.63. The molecule has 57 valence electrons. The van der Waals surface area contributed by atoms with E-state index in [4.69, 9.17) is 14.8 Å². The zero-order valence-electron chi connectivity index (χ0n) is 5.72. The van der Waals surface area contributed by atoms with Crippen molar-refractivity contribution in [2.75, 3.05) is 0 Å². The maximum atomic E-state index is 10.0. The van der Waals surface area contributed by atoms with Crippen LogP contribution in [0.2, 0.25) is 0 Å². The van der Waals surface area contributed by atoms with Crippen LogP contribution in [0.25, 0.3) is 0 Å². The van der Waals surface area contributed by atoms with Crippen molar-refractivity contribution in [1.29, 1.82) is 0 Å². The van der Waals surface area contributed by atoms with E-state index in [1.807, 2.05) is 0 Å². The van der Waals surface area contributed by atoms with Gasteiger partial charge in [-0.2, -0.15) is 8.42 Å². The largest absolute Gasteiger partial charge is 0.367 e. The van der Waals surface area contributed by atoms with Crippen LogP contribution in [0.5, 0.6) is 0 Å². The van der Waals surface area contributed by atoms with Gasteiger partial charge in [-0.15, -0.1) is 0 Å². The fraction of sp³-hybridized carbons (Fsp3) is 1.00. The summed E-state index contributed by atoms with van der Waals surface area (Å²) in [5.41, 5.74) is 0. The van der Waals surface area contributed by atoms with E-state index in [-0.39, 0.29) is 51.4 Å². The van der Waals surface area contributed by atoms with Gasteiger partial charge in [0.1, 0.15) is 5.25 Å². The number of aliphatic hydroxyl groups excluding tert-OH is 1. The van der Waals surface area contributed by atoms with Crippen LogP contribution in [0, 0.1) is 0 Å². The van der Waals surface area contributed by atoms with Crippen LogP contribution in [0.3, 0.4) is 0 Å². The summed E-state index contributed by atoms with van der Waals surface area (Å²) in [5.74, 6) is 0. The predicted molar refractivity (Wildman–Crippen MR) is 35.0 cm³/mol. The monoisotopic (exact) mass is 195 g/mol. The number of hydrogen-bond acceptors (Lipinski definition) is 4. The van der Waals surface area contributed by atoms with Crippen LogP contribution >= 0.6 is 0 Å².